The number of benzene rings is 3. The Bertz CT molecular complexity index is 1360. The first-order chi connectivity index (χ1) is 14.8. The second-order valence-corrected chi connectivity index (χ2v) is 7.59. The third-order valence-corrected chi connectivity index (χ3v) is 5.72. The van der Waals surface area contributed by atoms with Gasteiger partial charge in [0, 0.05) is 23.2 Å². The summed E-state index contributed by atoms with van der Waals surface area (Å²) < 4.78 is 46.8. The van der Waals surface area contributed by atoms with Crippen LogP contribution in [0.25, 0.3) is 11.0 Å². The Kier molecular flexibility index (Phi) is 4.37. The highest BCUT2D eigenvalue weighted by Crippen LogP contribution is 2.36. The quantitative estimate of drug-likeness (QED) is 0.424. The molecule has 9 heteroatoms. The van der Waals surface area contributed by atoms with Crippen LogP contribution < -0.4 is 5.32 Å². The Morgan fingerprint density at radius 3 is 2.16 bits per heavy atom. The van der Waals surface area contributed by atoms with Crippen molar-refractivity contribution in [2.24, 2.45) is 0 Å². The fourth-order valence-electron chi connectivity index (χ4n) is 3.65. The summed E-state index contributed by atoms with van der Waals surface area (Å²) in [5.41, 5.74) is 2.29. The van der Waals surface area contributed by atoms with E-state index in [4.69, 9.17) is 0 Å². The zero-order chi connectivity index (χ0) is 21.8. The summed E-state index contributed by atoms with van der Waals surface area (Å²) in [6, 6.07) is 13.0. The summed E-state index contributed by atoms with van der Waals surface area (Å²) in [6.07, 6.45) is -4.40. The van der Waals surface area contributed by atoms with Crippen molar-refractivity contribution in [2.45, 2.75) is 12.7 Å². The van der Waals surface area contributed by atoms with E-state index in [9.17, 15) is 22.8 Å². The molecule has 1 aliphatic rings. The molecule has 0 radical (unpaired) electrons. The fraction of sp³-hybridized carbons (Fsp3) is 0.0909. The number of fused-ring (bicyclic) bond motifs is 4. The van der Waals surface area contributed by atoms with Crippen LogP contribution in [-0.4, -0.2) is 20.3 Å². The summed E-state index contributed by atoms with van der Waals surface area (Å²) in [7, 11) is 0. The van der Waals surface area contributed by atoms with E-state index in [1.807, 2.05) is 0 Å². The summed E-state index contributed by atoms with van der Waals surface area (Å²) in [4.78, 5) is 26.1. The van der Waals surface area contributed by atoms with Gasteiger partial charge in [-0.05, 0) is 23.8 Å². The van der Waals surface area contributed by atoms with Crippen LogP contribution in [0, 0.1) is 0 Å². The molecule has 0 unspecified atom stereocenters. The number of nitrogens with one attached hydrogen (secondary N) is 1. The second kappa shape index (κ2) is 6.98. The molecule has 1 aromatic heterocycles. The molecule has 0 atom stereocenters. The van der Waals surface area contributed by atoms with Crippen LogP contribution in [0.2, 0.25) is 0 Å². The van der Waals surface area contributed by atoms with Gasteiger partial charge in [0.05, 0.1) is 28.5 Å². The monoisotopic (exact) mass is 439 g/mol. The van der Waals surface area contributed by atoms with Crippen LogP contribution in [0.1, 0.15) is 43.0 Å². The molecule has 1 aliphatic carbocycles. The number of hydrogen-bond donors (Lipinski definition) is 1. The highest BCUT2D eigenvalue weighted by Gasteiger charge is 2.33. The van der Waals surface area contributed by atoms with E-state index in [0.717, 1.165) is 23.9 Å². The van der Waals surface area contributed by atoms with Crippen LogP contribution in [0.5, 0.6) is 0 Å². The lowest BCUT2D eigenvalue weighted by atomic mass is 9.83. The molecule has 0 saturated carbocycles. The lowest BCUT2D eigenvalue weighted by Gasteiger charge is -2.19. The molecular formula is C22H12F3N3O2S. The second-order valence-electron chi connectivity index (χ2n) is 7.06. The van der Waals surface area contributed by atoms with Crippen molar-refractivity contribution in [2.75, 3.05) is 5.32 Å². The average molecular weight is 439 g/mol. The largest absolute Gasteiger partial charge is 0.416 e. The molecule has 5 nitrogen and oxygen atoms in total. The fourth-order valence-corrected chi connectivity index (χ4v) is 4.22. The molecule has 1 heterocycles. The molecule has 0 spiro atoms. The van der Waals surface area contributed by atoms with Gasteiger partial charge < -0.3 is 5.32 Å². The van der Waals surface area contributed by atoms with Crippen LogP contribution in [0.3, 0.4) is 0 Å². The summed E-state index contributed by atoms with van der Waals surface area (Å²) in [5, 5.41) is 3.12. The normalized spacial score (nSPS) is 13.3. The summed E-state index contributed by atoms with van der Waals surface area (Å²) >= 11 is 0.922. The molecule has 5 rings (SSSR count). The number of carbonyl (C=O) groups is 2. The maximum Gasteiger partial charge on any atom is 0.416 e. The zero-order valence-electron chi connectivity index (χ0n) is 15.7. The SMILES string of the molecule is O=C1c2ccccc2C(=O)c2c1cc(NCc1ccc(C(F)(F)F)cc1)c1nsnc21. The minimum Gasteiger partial charge on any atom is -0.379 e. The van der Waals surface area contributed by atoms with Crippen LogP contribution in [0.4, 0.5) is 18.9 Å². The number of alkyl halides is 3. The van der Waals surface area contributed by atoms with Crippen molar-refractivity contribution in [1.82, 2.24) is 8.75 Å². The predicted octanol–water partition coefficient (Wildman–Crippen LogP) is 5.10. The van der Waals surface area contributed by atoms with Crippen molar-refractivity contribution in [1.29, 1.82) is 0 Å². The van der Waals surface area contributed by atoms with Gasteiger partial charge in [-0.3, -0.25) is 9.59 Å². The summed E-state index contributed by atoms with van der Waals surface area (Å²) in [5.74, 6) is -0.560. The molecule has 0 fully saturated rings. The van der Waals surface area contributed by atoms with Gasteiger partial charge in [-0.2, -0.15) is 21.9 Å². The molecule has 0 aliphatic heterocycles. The number of halogens is 3. The van der Waals surface area contributed by atoms with Gasteiger partial charge >= 0.3 is 6.18 Å². The van der Waals surface area contributed by atoms with E-state index in [1.54, 1.807) is 30.3 Å². The average Bonchev–Trinajstić information content (AvgIpc) is 3.25. The first kappa shape index (κ1) is 19.4. The molecule has 0 amide bonds. The molecule has 0 saturated heterocycles. The Balaban J connectivity index is 1.52. The number of hydrogen-bond acceptors (Lipinski definition) is 6. The molecule has 0 bridgehead atoms. The van der Waals surface area contributed by atoms with Crippen molar-refractivity contribution in [3.63, 3.8) is 0 Å². The zero-order valence-corrected chi connectivity index (χ0v) is 16.5. The topological polar surface area (TPSA) is 72.0 Å². The highest BCUT2D eigenvalue weighted by molar-refractivity contribution is 7.00. The Morgan fingerprint density at radius 1 is 0.839 bits per heavy atom. The number of aromatic nitrogens is 2. The van der Waals surface area contributed by atoms with Gasteiger partial charge in [0.1, 0.15) is 11.0 Å². The third kappa shape index (κ3) is 3.17. The predicted molar refractivity (Wildman–Crippen MR) is 109 cm³/mol. The van der Waals surface area contributed by atoms with Crippen LogP contribution >= 0.6 is 11.7 Å². The van der Waals surface area contributed by atoms with E-state index in [2.05, 4.69) is 14.1 Å². The van der Waals surface area contributed by atoms with Crippen LogP contribution in [-0.2, 0) is 12.7 Å². The number of carbonyl (C=O) groups excluding carboxylic acids is 2. The van der Waals surface area contributed by atoms with Crippen molar-refractivity contribution in [3.05, 3.63) is 88.0 Å². The van der Waals surface area contributed by atoms with Gasteiger partial charge in [-0.25, -0.2) is 0 Å². The molecule has 3 aromatic carbocycles. The van der Waals surface area contributed by atoms with E-state index in [1.165, 1.54) is 12.1 Å². The lowest BCUT2D eigenvalue weighted by molar-refractivity contribution is -0.137. The minimum absolute atomic E-state index is 0.211. The standard InChI is InChI=1S/C22H12F3N3O2S/c23-22(24,25)12-7-5-11(6-8-12)10-26-16-9-15-17(19-18(16)27-31-28-19)21(30)14-4-2-1-3-13(14)20(15)29/h1-9,26H,10H2. The van der Waals surface area contributed by atoms with Gasteiger partial charge in [0.15, 0.2) is 11.6 Å². The van der Waals surface area contributed by atoms with Gasteiger partial charge in [0.2, 0.25) is 0 Å². The summed E-state index contributed by atoms with van der Waals surface area (Å²) in [6.45, 7) is 0.211. The number of ketones is 2. The maximum absolute atomic E-state index is 13.0. The smallest absolute Gasteiger partial charge is 0.379 e. The Morgan fingerprint density at radius 2 is 1.48 bits per heavy atom. The van der Waals surface area contributed by atoms with E-state index < -0.39 is 11.7 Å². The van der Waals surface area contributed by atoms with Gasteiger partial charge in [-0.15, -0.1) is 0 Å². The van der Waals surface area contributed by atoms with E-state index >= 15 is 0 Å². The minimum atomic E-state index is -4.40. The van der Waals surface area contributed by atoms with E-state index in [-0.39, 0.29) is 29.2 Å². The number of anilines is 1. The van der Waals surface area contributed by atoms with Gasteiger partial charge in [0.25, 0.3) is 0 Å². The molecule has 154 valence electrons. The highest BCUT2D eigenvalue weighted by atomic mass is 32.1. The van der Waals surface area contributed by atoms with Crippen molar-refractivity contribution >= 4 is 40.0 Å². The molecule has 31 heavy (non-hydrogen) atoms. The number of nitrogens with zero attached hydrogens (tertiary/aromatic N) is 2. The van der Waals surface area contributed by atoms with Crippen molar-refractivity contribution < 1.29 is 22.8 Å². The van der Waals surface area contributed by atoms with Crippen molar-refractivity contribution in [3.8, 4) is 0 Å². The Hall–Kier alpha value is -3.59. The molecular weight excluding hydrogens is 427 g/mol. The maximum atomic E-state index is 13.0. The number of rotatable bonds is 3. The molecule has 4 aromatic rings. The third-order valence-electron chi connectivity index (χ3n) is 5.19. The first-order valence-corrected chi connectivity index (χ1v) is 9.95. The Labute approximate surface area is 177 Å². The first-order valence-electron chi connectivity index (χ1n) is 9.22. The van der Waals surface area contributed by atoms with Crippen LogP contribution in [0.15, 0.2) is 54.6 Å². The molecule has 1 N–H and O–H groups in total. The van der Waals surface area contributed by atoms with E-state index in [0.29, 0.717) is 33.4 Å². The van der Waals surface area contributed by atoms with Gasteiger partial charge in [-0.1, -0.05) is 36.4 Å². The lowest BCUT2D eigenvalue weighted by Crippen LogP contribution is -2.21.